The van der Waals surface area contributed by atoms with Gasteiger partial charge >= 0.3 is 0 Å². The highest BCUT2D eigenvalue weighted by molar-refractivity contribution is 7.88. The van der Waals surface area contributed by atoms with Gasteiger partial charge in [0, 0.05) is 19.1 Å². The summed E-state index contributed by atoms with van der Waals surface area (Å²) in [5.74, 6) is -0.0997. The van der Waals surface area contributed by atoms with Gasteiger partial charge in [-0.15, -0.1) is 0 Å². The van der Waals surface area contributed by atoms with Gasteiger partial charge in [-0.25, -0.2) is 8.42 Å². The summed E-state index contributed by atoms with van der Waals surface area (Å²) >= 11 is 0. The zero-order valence-corrected chi connectivity index (χ0v) is 12.4. The number of carbonyl (C=O) groups is 1. The van der Waals surface area contributed by atoms with Crippen LogP contribution in [0.25, 0.3) is 0 Å². The van der Waals surface area contributed by atoms with Crippen LogP contribution in [0.5, 0.6) is 0 Å². The number of likely N-dealkylation sites (N-methyl/N-ethyl adjacent to an activating group) is 1. The highest BCUT2D eigenvalue weighted by Crippen LogP contribution is 2.25. The molecule has 0 aromatic rings. The summed E-state index contributed by atoms with van der Waals surface area (Å²) in [7, 11) is -3.31. The van der Waals surface area contributed by atoms with Gasteiger partial charge in [-0.2, -0.15) is 4.31 Å². The van der Waals surface area contributed by atoms with E-state index in [2.05, 4.69) is 0 Å². The van der Waals surface area contributed by atoms with Crippen LogP contribution in [0.2, 0.25) is 0 Å². The van der Waals surface area contributed by atoms with Gasteiger partial charge < -0.3 is 4.90 Å². The van der Waals surface area contributed by atoms with Crippen LogP contribution in [0.3, 0.4) is 0 Å². The molecule has 0 radical (unpaired) electrons. The first kappa shape index (κ1) is 15.4. The van der Waals surface area contributed by atoms with Crippen molar-refractivity contribution in [2.75, 3.05) is 25.9 Å². The molecule has 0 saturated heterocycles. The van der Waals surface area contributed by atoms with Crippen molar-refractivity contribution in [1.29, 1.82) is 0 Å². The molecule has 0 aromatic carbocycles. The fourth-order valence-corrected chi connectivity index (χ4v) is 3.62. The third-order valence-corrected chi connectivity index (χ3v) is 4.84. The smallest absolute Gasteiger partial charge is 0.237 e. The number of rotatable bonds is 6. The van der Waals surface area contributed by atoms with Crippen LogP contribution in [-0.2, 0) is 14.8 Å². The van der Waals surface area contributed by atoms with Gasteiger partial charge in [0.2, 0.25) is 15.9 Å². The van der Waals surface area contributed by atoms with Crippen molar-refractivity contribution in [2.24, 2.45) is 0 Å². The quantitative estimate of drug-likeness (QED) is 0.729. The average Bonchev–Trinajstić information content (AvgIpc) is 2.79. The van der Waals surface area contributed by atoms with E-state index in [1.807, 2.05) is 13.8 Å². The molecular formula is C12H24N2O3S. The first-order valence-electron chi connectivity index (χ1n) is 6.64. The van der Waals surface area contributed by atoms with Gasteiger partial charge in [0.1, 0.15) is 0 Å². The summed E-state index contributed by atoms with van der Waals surface area (Å²) < 4.78 is 25.0. The number of amides is 1. The topological polar surface area (TPSA) is 57.7 Å². The highest BCUT2D eigenvalue weighted by atomic mass is 32.2. The van der Waals surface area contributed by atoms with Crippen LogP contribution in [0, 0.1) is 0 Å². The predicted octanol–water partition coefficient (Wildman–Crippen LogP) is 1.06. The lowest BCUT2D eigenvalue weighted by molar-refractivity contribution is -0.131. The molecule has 0 aliphatic heterocycles. The van der Waals surface area contributed by atoms with Gasteiger partial charge in [0.05, 0.1) is 12.8 Å². The monoisotopic (exact) mass is 276 g/mol. The summed E-state index contributed by atoms with van der Waals surface area (Å²) in [6.07, 6.45) is 5.05. The van der Waals surface area contributed by atoms with E-state index < -0.39 is 10.0 Å². The number of hydrogen-bond acceptors (Lipinski definition) is 3. The maximum Gasteiger partial charge on any atom is 0.237 e. The van der Waals surface area contributed by atoms with E-state index in [1.54, 1.807) is 4.90 Å². The third kappa shape index (κ3) is 3.95. The second-order valence-corrected chi connectivity index (χ2v) is 6.75. The minimum absolute atomic E-state index is 0.00875. The summed E-state index contributed by atoms with van der Waals surface area (Å²) in [4.78, 5) is 13.7. The molecule has 0 heterocycles. The van der Waals surface area contributed by atoms with Gasteiger partial charge in [0.25, 0.3) is 0 Å². The van der Waals surface area contributed by atoms with Gasteiger partial charge in [-0.1, -0.05) is 12.8 Å². The zero-order valence-electron chi connectivity index (χ0n) is 11.6. The fraction of sp³-hybridized carbons (Fsp3) is 0.917. The highest BCUT2D eigenvalue weighted by Gasteiger charge is 2.31. The van der Waals surface area contributed by atoms with Crippen LogP contribution in [-0.4, -0.2) is 55.5 Å². The van der Waals surface area contributed by atoms with E-state index in [-0.39, 0.29) is 18.5 Å². The lowest BCUT2D eigenvalue weighted by Gasteiger charge is -2.28. The molecule has 1 fully saturated rings. The van der Waals surface area contributed by atoms with Crippen molar-refractivity contribution in [3.63, 3.8) is 0 Å². The van der Waals surface area contributed by atoms with Crippen molar-refractivity contribution in [2.45, 2.75) is 45.6 Å². The van der Waals surface area contributed by atoms with E-state index in [0.29, 0.717) is 13.1 Å². The van der Waals surface area contributed by atoms with Crippen molar-refractivity contribution in [3.8, 4) is 0 Å². The van der Waals surface area contributed by atoms with Gasteiger partial charge in [-0.3, -0.25) is 4.79 Å². The second kappa shape index (κ2) is 6.52. The van der Waals surface area contributed by atoms with Crippen LogP contribution >= 0.6 is 0 Å². The van der Waals surface area contributed by atoms with Crippen molar-refractivity contribution >= 4 is 15.9 Å². The SMILES string of the molecule is CCN(CC)C(=O)CN(C1CCCC1)S(C)(=O)=O. The van der Waals surface area contributed by atoms with E-state index in [4.69, 9.17) is 0 Å². The Labute approximate surface area is 110 Å². The molecule has 18 heavy (non-hydrogen) atoms. The molecule has 5 nitrogen and oxygen atoms in total. The Morgan fingerprint density at radius 3 is 2.06 bits per heavy atom. The molecular weight excluding hydrogens is 252 g/mol. The van der Waals surface area contributed by atoms with Crippen LogP contribution in [0.4, 0.5) is 0 Å². The van der Waals surface area contributed by atoms with Crippen LogP contribution < -0.4 is 0 Å². The predicted molar refractivity (Wildman–Crippen MR) is 71.7 cm³/mol. The van der Waals surface area contributed by atoms with E-state index in [1.165, 1.54) is 10.6 Å². The summed E-state index contributed by atoms with van der Waals surface area (Å²) in [6, 6.07) is 0.0134. The van der Waals surface area contributed by atoms with Crippen molar-refractivity contribution in [1.82, 2.24) is 9.21 Å². The molecule has 0 spiro atoms. The molecule has 6 heteroatoms. The Hall–Kier alpha value is -0.620. The third-order valence-electron chi connectivity index (χ3n) is 3.57. The minimum atomic E-state index is -3.31. The summed E-state index contributed by atoms with van der Waals surface area (Å²) in [5.41, 5.74) is 0. The van der Waals surface area contributed by atoms with Crippen LogP contribution in [0.15, 0.2) is 0 Å². The first-order chi connectivity index (χ1) is 8.40. The minimum Gasteiger partial charge on any atom is -0.342 e. The Kier molecular flexibility index (Phi) is 5.59. The average molecular weight is 276 g/mol. The standard InChI is InChI=1S/C12H24N2O3S/c1-4-13(5-2)12(15)10-14(18(3,16)17)11-8-6-7-9-11/h11H,4-10H2,1-3H3. The zero-order chi connectivity index (χ0) is 13.8. The summed E-state index contributed by atoms with van der Waals surface area (Å²) in [5, 5.41) is 0. The Balaban J connectivity index is 2.76. The van der Waals surface area contributed by atoms with E-state index in [9.17, 15) is 13.2 Å². The Bertz CT molecular complexity index is 371. The van der Waals surface area contributed by atoms with Crippen LogP contribution in [0.1, 0.15) is 39.5 Å². The summed E-state index contributed by atoms with van der Waals surface area (Å²) in [6.45, 7) is 5.05. The number of nitrogens with zero attached hydrogens (tertiary/aromatic N) is 2. The molecule has 0 unspecified atom stereocenters. The lowest BCUT2D eigenvalue weighted by atomic mass is 10.2. The molecule has 1 saturated carbocycles. The van der Waals surface area contributed by atoms with Crippen molar-refractivity contribution in [3.05, 3.63) is 0 Å². The van der Waals surface area contributed by atoms with Gasteiger partial charge in [0.15, 0.2) is 0 Å². The van der Waals surface area contributed by atoms with Gasteiger partial charge in [-0.05, 0) is 26.7 Å². The van der Waals surface area contributed by atoms with E-state index in [0.717, 1.165) is 25.7 Å². The number of sulfonamides is 1. The maximum atomic E-state index is 12.0. The number of hydrogen-bond donors (Lipinski definition) is 0. The Morgan fingerprint density at radius 1 is 1.17 bits per heavy atom. The Morgan fingerprint density at radius 2 is 1.67 bits per heavy atom. The number of carbonyl (C=O) groups excluding carboxylic acids is 1. The molecule has 0 aromatic heterocycles. The largest absolute Gasteiger partial charge is 0.342 e. The molecule has 106 valence electrons. The van der Waals surface area contributed by atoms with Crippen molar-refractivity contribution < 1.29 is 13.2 Å². The molecule has 0 bridgehead atoms. The molecule has 0 N–H and O–H groups in total. The molecule has 1 aliphatic carbocycles. The van der Waals surface area contributed by atoms with E-state index >= 15 is 0 Å². The normalized spacial score (nSPS) is 17.3. The molecule has 1 rings (SSSR count). The molecule has 0 atom stereocenters. The lowest BCUT2D eigenvalue weighted by Crippen LogP contribution is -2.46. The first-order valence-corrected chi connectivity index (χ1v) is 8.49. The fourth-order valence-electron chi connectivity index (χ4n) is 2.52. The molecule has 1 aliphatic rings. The second-order valence-electron chi connectivity index (χ2n) is 4.81. The maximum absolute atomic E-state index is 12.0. The molecule has 1 amide bonds.